The van der Waals surface area contributed by atoms with Crippen molar-refractivity contribution in [2.75, 3.05) is 13.2 Å². The summed E-state index contributed by atoms with van der Waals surface area (Å²) in [5.74, 6) is 1.60. The van der Waals surface area contributed by atoms with E-state index < -0.39 is 5.54 Å². The second-order valence-corrected chi connectivity index (χ2v) is 5.29. The number of nitrogens with two attached hydrogens (primary N) is 1. The maximum absolute atomic E-state index is 6.18. The summed E-state index contributed by atoms with van der Waals surface area (Å²) in [6, 6.07) is 0. The molecule has 1 unspecified atom stereocenters. The Morgan fingerprint density at radius 2 is 1.89 bits per heavy atom. The van der Waals surface area contributed by atoms with Gasteiger partial charge in [-0.25, -0.2) is 0 Å². The van der Waals surface area contributed by atoms with E-state index in [9.17, 15) is 0 Å². The molecule has 19 heavy (non-hydrogen) atoms. The largest absolute Gasteiger partial charge is 0.379 e. The van der Waals surface area contributed by atoms with Gasteiger partial charge in [0.05, 0.1) is 6.61 Å². The van der Waals surface area contributed by atoms with Crippen LogP contribution in [-0.2, 0) is 10.3 Å². The van der Waals surface area contributed by atoms with Crippen molar-refractivity contribution in [3.05, 3.63) is 11.7 Å². The van der Waals surface area contributed by atoms with Crippen molar-refractivity contribution in [3.63, 3.8) is 0 Å². The number of rotatable bonds is 9. The molecule has 0 aliphatic carbocycles. The summed E-state index contributed by atoms with van der Waals surface area (Å²) in [7, 11) is 0. The Labute approximate surface area is 115 Å². The van der Waals surface area contributed by atoms with Crippen LogP contribution >= 0.6 is 0 Å². The molecule has 0 aliphatic rings. The summed E-state index contributed by atoms with van der Waals surface area (Å²) in [5, 5.41) is 4.04. The number of ether oxygens (including phenoxy) is 1. The van der Waals surface area contributed by atoms with Crippen molar-refractivity contribution in [1.29, 1.82) is 0 Å². The van der Waals surface area contributed by atoms with E-state index >= 15 is 0 Å². The van der Waals surface area contributed by atoms with Crippen LogP contribution in [-0.4, -0.2) is 23.4 Å². The van der Waals surface area contributed by atoms with Crippen LogP contribution in [0.1, 0.15) is 71.0 Å². The molecule has 5 heteroatoms. The Kier molecular flexibility index (Phi) is 6.45. The zero-order valence-corrected chi connectivity index (χ0v) is 12.6. The van der Waals surface area contributed by atoms with Crippen LogP contribution in [0.2, 0.25) is 0 Å². The molecule has 0 saturated heterocycles. The van der Waals surface area contributed by atoms with Crippen LogP contribution in [0.25, 0.3) is 0 Å². The Bertz CT molecular complexity index is 357. The number of hydrogen-bond donors (Lipinski definition) is 1. The SMILES string of the molecule is CCCC(CCC)c1nc(C(C)(N)COCC)no1. The Hall–Kier alpha value is -0.940. The maximum Gasteiger partial charge on any atom is 0.229 e. The molecule has 0 aromatic carbocycles. The van der Waals surface area contributed by atoms with Gasteiger partial charge in [0.2, 0.25) is 5.89 Å². The third-order valence-corrected chi connectivity index (χ3v) is 3.18. The van der Waals surface area contributed by atoms with Crippen molar-refractivity contribution in [3.8, 4) is 0 Å². The average Bonchev–Trinajstić information content (AvgIpc) is 2.86. The van der Waals surface area contributed by atoms with Crippen molar-refractivity contribution < 1.29 is 9.26 Å². The van der Waals surface area contributed by atoms with E-state index in [1.54, 1.807) is 0 Å². The van der Waals surface area contributed by atoms with E-state index in [1.807, 2.05) is 13.8 Å². The van der Waals surface area contributed by atoms with Crippen LogP contribution in [0.4, 0.5) is 0 Å². The summed E-state index contributed by atoms with van der Waals surface area (Å²) >= 11 is 0. The van der Waals surface area contributed by atoms with E-state index in [2.05, 4.69) is 24.0 Å². The molecule has 0 fully saturated rings. The van der Waals surface area contributed by atoms with E-state index in [-0.39, 0.29) is 0 Å². The van der Waals surface area contributed by atoms with E-state index in [0.29, 0.717) is 30.8 Å². The fourth-order valence-electron chi connectivity index (χ4n) is 2.10. The fourth-order valence-corrected chi connectivity index (χ4v) is 2.10. The van der Waals surface area contributed by atoms with Crippen molar-refractivity contribution in [2.45, 2.75) is 64.8 Å². The number of aromatic nitrogens is 2. The van der Waals surface area contributed by atoms with Gasteiger partial charge < -0.3 is 15.0 Å². The summed E-state index contributed by atoms with van der Waals surface area (Å²) in [6.07, 6.45) is 4.37. The monoisotopic (exact) mass is 269 g/mol. The lowest BCUT2D eigenvalue weighted by atomic mass is 9.98. The highest BCUT2D eigenvalue weighted by Gasteiger charge is 2.29. The second-order valence-electron chi connectivity index (χ2n) is 5.29. The minimum Gasteiger partial charge on any atom is -0.379 e. The van der Waals surface area contributed by atoms with Crippen molar-refractivity contribution in [1.82, 2.24) is 10.1 Å². The maximum atomic E-state index is 6.18. The zero-order chi connectivity index (χ0) is 14.3. The molecule has 110 valence electrons. The summed E-state index contributed by atoms with van der Waals surface area (Å²) < 4.78 is 10.8. The third kappa shape index (κ3) is 4.58. The smallest absolute Gasteiger partial charge is 0.229 e. The van der Waals surface area contributed by atoms with Gasteiger partial charge in [-0.1, -0.05) is 31.8 Å². The Morgan fingerprint density at radius 3 is 2.42 bits per heavy atom. The molecule has 0 spiro atoms. The number of nitrogens with zero attached hydrogens (tertiary/aromatic N) is 2. The topological polar surface area (TPSA) is 74.2 Å². The van der Waals surface area contributed by atoms with Gasteiger partial charge in [-0.05, 0) is 26.7 Å². The molecule has 1 aromatic rings. The lowest BCUT2D eigenvalue weighted by Crippen LogP contribution is -2.39. The average molecular weight is 269 g/mol. The molecular weight excluding hydrogens is 242 g/mol. The highest BCUT2D eigenvalue weighted by molar-refractivity contribution is 5.04. The predicted molar refractivity (Wildman–Crippen MR) is 74.9 cm³/mol. The summed E-state index contributed by atoms with van der Waals surface area (Å²) in [5.41, 5.74) is 5.48. The van der Waals surface area contributed by atoms with Gasteiger partial charge in [0.1, 0.15) is 5.54 Å². The zero-order valence-electron chi connectivity index (χ0n) is 12.6. The summed E-state index contributed by atoms with van der Waals surface area (Å²) in [4.78, 5) is 4.49. The lowest BCUT2D eigenvalue weighted by molar-refractivity contribution is 0.0962. The molecular formula is C14H27N3O2. The van der Waals surface area contributed by atoms with Gasteiger partial charge in [-0.15, -0.1) is 0 Å². The van der Waals surface area contributed by atoms with Crippen LogP contribution in [0.5, 0.6) is 0 Å². The first-order valence-corrected chi connectivity index (χ1v) is 7.25. The predicted octanol–water partition coefficient (Wildman–Crippen LogP) is 2.96. The molecule has 0 radical (unpaired) electrons. The molecule has 1 aromatic heterocycles. The van der Waals surface area contributed by atoms with Crippen LogP contribution in [0.15, 0.2) is 4.52 Å². The van der Waals surface area contributed by atoms with Gasteiger partial charge in [0.25, 0.3) is 0 Å². The molecule has 5 nitrogen and oxygen atoms in total. The van der Waals surface area contributed by atoms with Gasteiger partial charge in [-0.2, -0.15) is 4.98 Å². The molecule has 1 atom stereocenters. The Balaban J connectivity index is 2.78. The lowest BCUT2D eigenvalue weighted by Gasteiger charge is -2.19. The highest BCUT2D eigenvalue weighted by Crippen LogP contribution is 2.26. The first-order valence-electron chi connectivity index (χ1n) is 7.25. The first kappa shape index (κ1) is 16.1. The Morgan fingerprint density at radius 1 is 1.26 bits per heavy atom. The molecule has 0 saturated carbocycles. The van der Waals surface area contributed by atoms with Crippen LogP contribution in [0, 0.1) is 0 Å². The van der Waals surface area contributed by atoms with Crippen LogP contribution in [0.3, 0.4) is 0 Å². The van der Waals surface area contributed by atoms with Gasteiger partial charge >= 0.3 is 0 Å². The van der Waals surface area contributed by atoms with Crippen LogP contribution < -0.4 is 5.73 Å². The molecule has 0 aliphatic heterocycles. The van der Waals surface area contributed by atoms with Gasteiger partial charge in [0, 0.05) is 12.5 Å². The molecule has 0 bridgehead atoms. The second kappa shape index (κ2) is 7.60. The number of hydrogen-bond acceptors (Lipinski definition) is 5. The van der Waals surface area contributed by atoms with Crippen molar-refractivity contribution >= 4 is 0 Å². The first-order chi connectivity index (χ1) is 9.05. The standard InChI is InChI=1S/C14H27N3O2/c1-5-8-11(9-6-2)12-16-13(17-19-12)14(4,15)10-18-7-3/h11H,5-10,15H2,1-4H3. The molecule has 1 rings (SSSR count). The quantitative estimate of drug-likeness (QED) is 0.746. The van der Waals surface area contributed by atoms with Crippen molar-refractivity contribution in [2.24, 2.45) is 5.73 Å². The highest BCUT2D eigenvalue weighted by atomic mass is 16.5. The van der Waals surface area contributed by atoms with Gasteiger partial charge in [0.15, 0.2) is 5.82 Å². The molecule has 2 N–H and O–H groups in total. The van der Waals surface area contributed by atoms with Gasteiger partial charge in [-0.3, -0.25) is 0 Å². The minimum atomic E-state index is -0.694. The minimum absolute atomic E-state index is 0.346. The summed E-state index contributed by atoms with van der Waals surface area (Å²) in [6.45, 7) is 9.17. The third-order valence-electron chi connectivity index (χ3n) is 3.18. The van der Waals surface area contributed by atoms with E-state index in [4.69, 9.17) is 15.0 Å². The van der Waals surface area contributed by atoms with E-state index in [0.717, 1.165) is 25.7 Å². The van der Waals surface area contributed by atoms with E-state index in [1.165, 1.54) is 0 Å². The normalized spacial score (nSPS) is 14.8. The molecule has 0 amide bonds. The fraction of sp³-hybridized carbons (Fsp3) is 0.857. The molecule has 1 heterocycles.